The topological polar surface area (TPSA) is 55.6 Å². The molecule has 1 saturated heterocycles. The molecular weight excluding hydrogens is 292 g/mol. The summed E-state index contributed by atoms with van der Waals surface area (Å²) in [4.78, 5) is 14.3. The van der Waals surface area contributed by atoms with Crippen molar-refractivity contribution in [1.82, 2.24) is 10.1 Å². The number of ether oxygens (including phenoxy) is 1. The molecule has 1 fully saturated rings. The summed E-state index contributed by atoms with van der Waals surface area (Å²) in [6.07, 6.45) is 1.36. The molecule has 0 radical (unpaired) electrons. The van der Waals surface area contributed by atoms with Crippen LogP contribution in [-0.2, 0) is 22.6 Å². The Labute approximate surface area is 136 Å². The van der Waals surface area contributed by atoms with Gasteiger partial charge in [0.15, 0.2) is 0 Å². The Morgan fingerprint density at radius 3 is 2.83 bits per heavy atom. The zero-order valence-electron chi connectivity index (χ0n) is 13.6. The summed E-state index contributed by atoms with van der Waals surface area (Å²) in [5, 5.41) is 3.90. The Balaban J connectivity index is 1.50. The Morgan fingerprint density at radius 1 is 1.35 bits per heavy atom. The highest BCUT2D eigenvalue weighted by molar-refractivity contribution is 5.79. The van der Waals surface area contributed by atoms with Crippen molar-refractivity contribution >= 4 is 5.91 Å². The fourth-order valence-electron chi connectivity index (χ4n) is 2.90. The molecule has 0 saturated carbocycles. The van der Waals surface area contributed by atoms with E-state index in [2.05, 4.69) is 17.3 Å². The molecule has 1 amide bonds. The molecule has 0 bridgehead atoms. The van der Waals surface area contributed by atoms with Crippen LogP contribution < -0.4 is 0 Å². The van der Waals surface area contributed by atoms with Gasteiger partial charge in [0.1, 0.15) is 5.76 Å². The molecule has 3 rings (SSSR count). The fourth-order valence-corrected chi connectivity index (χ4v) is 2.90. The van der Waals surface area contributed by atoms with Gasteiger partial charge in [-0.3, -0.25) is 4.79 Å². The van der Waals surface area contributed by atoms with Crippen LogP contribution in [0.2, 0.25) is 0 Å². The number of carbonyl (C=O) groups is 1. The smallest absolute Gasteiger partial charge is 0.227 e. The minimum atomic E-state index is 0.115. The van der Waals surface area contributed by atoms with E-state index in [9.17, 15) is 4.79 Å². The van der Waals surface area contributed by atoms with E-state index < -0.39 is 0 Å². The molecule has 122 valence electrons. The standard InChI is InChI=1S/C18H22N2O3/c1-13-17(14(2)23-19-13)10-18(21)20-9-8-16(11-20)22-12-15-6-4-3-5-7-15/h3-7,16H,8-12H2,1-2H3/t16-/m0/s1. The van der Waals surface area contributed by atoms with Crippen molar-refractivity contribution in [3.8, 4) is 0 Å². The molecule has 1 aromatic carbocycles. The first-order chi connectivity index (χ1) is 11.1. The van der Waals surface area contributed by atoms with Crippen LogP contribution in [0.3, 0.4) is 0 Å². The Morgan fingerprint density at radius 2 is 2.13 bits per heavy atom. The maximum atomic E-state index is 12.4. The van der Waals surface area contributed by atoms with Crippen LogP contribution >= 0.6 is 0 Å². The first-order valence-corrected chi connectivity index (χ1v) is 7.98. The molecule has 1 aromatic heterocycles. The molecule has 0 spiro atoms. The molecule has 1 aliphatic heterocycles. The summed E-state index contributed by atoms with van der Waals surface area (Å²) in [6.45, 7) is 5.72. The highest BCUT2D eigenvalue weighted by Gasteiger charge is 2.27. The monoisotopic (exact) mass is 314 g/mol. The second-order valence-electron chi connectivity index (χ2n) is 6.03. The van der Waals surface area contributed by atoms with Crippen molar-refractivity contribution in [2.45, 2.75) is 39.4 Å². The highest BCUT2D eigenvalue weighted by atomic mass is 16.5. The van der Waals surface area contributed by atoms with Gasteiger partial charge < -0.3 is 14.2 Å². The Bertz CT molecular complexity index is 647. The lowest BCUT2D eigenvalue weighted by Crippen LogP contribution is -2.31. The van der Waals surface area contributed by atoms with E-state index in [4.69, 9.17) is 9.26 Å². The fraction of sp³-hybridized carbons (Fsp3) is 0.444. The van der Waals surface area contributed by atoms with Crippen molar-refractivity contribution in [2.24, 2.45) is 0 Å². The SMILES string of the molecule is Cc1noc(C)c1CC(=O)N1CC[C@H](OCc2ccccc2)C1. The lowest BCUT2D eigenvalue weighted by molar-refractivity contribution is -0.130. The van der Waals surface area contributed by atoms with Gasteiger partial charge in [-0.1, -0.05) is 35.5 Å². The molecule has 0 N–H and O–H groups in total. The van der Waals surface area contributed by atoms with Gasteiger partial charge in [-0.15, -0.1) is 0 Å². The number of nitrogens with zero attached hydrogens (tertiary/aromatic N) is 2. The first-order valence-electron chi connectivity index (χ1n) is 7.98. The van der Waals surface area contributed by atoms with Crippen LogP contribution in [0, 0.1) is 13.8 Å². The van der Waals surface area contributed by atoms with Gasteiger partial charge >= 0.3 is 0 Å². The van der Waals surface area contributed by atoms with Crippen LogP contribution in [0.5, 0.6) is 0 Å². The van der Waals surface area contributed by atoms with E-state index in [0.29, 0.717) is 19.6 Å². The first kappa shape index (κ1) is 15.7. The van der Waals surface area contributed by atoms with E-state index in [1.165, 1.54) is 0 Å². The average molecular weight is 314 g/mol. The van der Waals surface area contributed by atoms with Crippen LogP contribution in [0.15, 0.2) is 34.9 Å². The Hall–Kier alpha value is -2.14. The van der Waals surface area contributed by atoms with Crippen LogP contribution in [0.1, 0.15) is 29.0 Å². The van der Waals surface area contributed by atoms with Crippen LogP contribution in [0.4, 0.5) is 0 Å². The van der Waals surface area contributed by atoms with Crippen molar-refractivity contribution in [3.05, 3.63) is 52.9 Å². The maximum absolute atomic E-state index is 12.4. The zero-order valence-corrected chi connectivity index (χ0v) is 13.6. The van der Waals surface area contributed by atoms with Crippen molar-refractivity contribution in [1.29, 1.82) is 0 Å². The number of hydrogen-bond donors (Lipinski definition) is 0. The van der Waals surface area contributed by atoms with Crippen LogP contribution in [-0.4, -0.2) is 35.2 Å². The summed E-state index contributed by atoms with van der Waals surface area (Å²) in [5.41, 5.74) is 2.86. The van der Waals surface area contributed by atoms with Crippen molar-refractivity contribution in [2.75, 3.05) is 13.1 Å². The second-order valence-corrected chi connectivity index (χ2v) is 6.03. The molecule has 2 heterocycles. The molecule has 0 aliphatic carbocycles. The van der Waals surface area contributed by atoms with Crippen molar-refractivity contribution in [3.63, 3.8) is 0 Å². The predicted molar refractivity (Wildman–Crippen MR) is 85.9 cm³/mol. The molecule has 23 heavy (non-hydrogen) atoms. The number of aryl methyl sites for hydroxylation is 2. The molecule has 5 heteroatoms. The summed E-state index contributed by atoms with van der Waals surface area (Å²) < 4.78 is 11.0. The lowest BCUT2D eigenvalue weighted by Gasteiger charge is -2.17. The van der Waals surface area contributed by atoms with Gasteiger partial charge in [0.25, 0.3) is 0 Å². The minimum absolute atomic E-state index is 0.115. The van der Waals surface area contributed by atoms with Crippen molar-refractivity contribution < 1.29 is 14.1 Å². The van der Waals surface area contributed by atoms with Crippen LogP contribution in [0.25, 0.3) is 0 Å². The number of likely N-dealkylation sites (tertiary alicyclic amines) is 1. The van der Waals surface area contributed by atoms with Gasteiger partial charge in [0, 0.05) is 18.7 Å². The Kier molecular flexibility index (Phi) is 4.76. The summed E-state index contributed by atoms with van der Waals surface area (Å²) >= 11 is 0. The zero-order chi connectivity index (χ0) is 16.2. The number of hydrogen-bond acceptors (Lipinski definition) is 4. The minimum Gasteiger partial charge on any atom is -0.372 e. The normalized spacial score (nSPS) is 17.7. The van der Waals surface area contributed by atoms with Gasteiger partial charge in [0.05, 0.1) is 24.8 Å². The number of aromatic nitrogens is 1. The summed E-state index contributed by atoms with van der Waals surface area (Å²) in [7, 11) is 0. The largest absolute Gasteiger partial charge is 0.372 e. The second kappa shape index (κ2) is 6.96. The number of rotatable bonds is 5. The molecule has 2 aromatic rings. The van der Waals surface area contributed by atoms with Gasteiger partial charge in [-0.25, -0.2) is 0 Å². The van der Waals surface area contributed by atoms with E-state index in [0.717, 1.165) is 35.5 Å². The van der Waals surface area contributed by atoms with E-state index >= 15 is 0 Å². The molecule has 5 nitrogen and oxygen atoms in total. The maximum Gasteiger partial charge on any atom is 0.227 e. The molecule has 0 unspecified atom stereocenters. The third-order valence-electron chi connectivity index (χ3n) is 4.34. The molecular formula is C18H22N2O3. The number of amides is 1. The third-order valence-corrected chi connectivity index (χ3v) is 4.34. The van der Waals surface area contributed by atoms with Gasteiger partial charge in [-0.2, -0.15) is 0 Å². The highest BCUT2D eigenvalue weighted by Crippen LogP contribution is 2.18. The summed E-state index contributed by atoms with van der Waals surface area (Å²) in [5.74, 6) is 0.845. The summed E-state index contributed by atoms with van der Waals surface area (Å²) in [6, 6.07) is 10.1. The lowest BCUT2D eigenvalue weighted by atomic mass is 10.1. The quantitative estimate of drug-likeness (QED) is 0.851. The average Bonchev–Trinajstić information content (AvgIpc) is 3.16. The third kappa shape index (κ3) is 3.79. The molecule has 1 aliphatic rings. The van der Waals surface area contributed by atoms with E-state index in [-0.39, 0.29) is 12.0 Å². The van der Waals surface area contributed by atoms with Gasteiger partial charge in [0.2, 0.25) is 5.91 Å². The van der Waals surface area contributed by atoms with Gasteiger partial charge in [-0.05, 0) is 25.8 Å². The van der Waals surface area contributed by atoms with E-state index in [1.54, 1.807) is 0 Å². The van der Waals surface area contributed by atoms with E-state index in [1.807, 2.05) is 36.9 Å². The predicted octanol–water partition coefficient (Wildman–Crippen LogP) is 2.65. The number of benzene rings is 1. The molecule has 1 atom stereocenters. The number of carbonyl (C=O) groups excluding carboxylic acids is 1.